The maximum atomic E-state index is 12.1. The Morgan fingerprint density at radius 1 is 1.12 bits per heavy atom. The minimum atomic E-state index is -4.30. The third kappa shape index (κ3) is 4.90. The molecule has 0 spiro atoms. The summed E-state index contributed by atoms with van der Waals surface area (Å²) >= 11 is 1.61. The van der Waals surface area contributed by atoms with Gasteiger partial charge in [-0.2, -0.15) is 13.2 Å². The Labute approximate surface area is 146 Å². The van der Waals surface area contributed by atoms with E-state index in [1.807, 2.05) is 25.1 Å². The van der Waals surface area contributed by atoms with Crippen LogP contribution in [-0.4, -0.2) is 22.8 Å². The molecule has 4 nitrogen and oxygen atoms in total. The summed E-state index contributed by atoms with van der Waals surface area (Å²) in [6.45, 7) is 1.29. The van der Waals surface area contributed by atoms with Crippen molar-refractivity contribution in [2.75, 3.05) is 11.9 Å². The van der Waals surface area contributed by atoms with Gasteiger partial charge >= 0.3 is 6.18 Å². The second-order valence-corrected chi connectivity index (χ2v) is 6.81. The Morgan fingerprint density at radius 2 is 1.84 bits per heavy atom. The number of ether oxygens (including phenoxy) is 1. The SMILES string of the molecule is Cc1cc2c(NCc3ccc(COCC(F)(F)F)cc3)ncnc2s1. The number of rotatable bonds is 6. The first-order valence-corrected chi connectivity index (χ1v) is 8.40. The van der Waals surface area contributed by atoms with Gasteiger partial charge in [-0.25, -0.2) is 9.97 Å². The number of hydrogen-bond donors (Lipinski definition) is 1. The van der Waals surface area contributed by atoms with Crippen molar-refractivity contribution in [2.24, 2.45) is 0 Å². The van der Waals surface area contributed by atoms with E-state index < -0.39 is 12.8 Å². The summed E-state index contributed by atoms with van der Waals surface area (Å²) in [5.41, 5.74) is 1.70. The first-order chi connectivity index (χ1) is 11.9. The molecule has 132 valence electrons. The van der Waals surface area contributed by atoms with Gasteiger partial charge in [0.25, 0.3) is 0 Å². The molecule has 0 atom stereocenters. The number of anilines is 1. The van der Waals surface area contributed by atoms with Crippen LogP contribution in [0.3, 0.4) is 0 Å². The molecule has 0 radical (unpaired) electrons. The Kier molecular flexibility index (Phi) is 5.19. The molecule has 0 saturated carbocycles. The van der Waals surface area contributed by atoms with Crippen LogP contribution < -0.4 is 5.32 Å². The number of nitrogens with one attached hydrogen (secondary N) is 1. The van der Waals surface area contributed by atoms with Crippen molar-refractivity contribution in [3.63, 3.8) is 0 Å². The highest BCUT2D eigenvalue weighted by Crippen LogP contribution is 2.27. The average molecular weight is 367 g/mol. The monoisotopic (exact) mass is 367 g/mol. The van der Waals surface area contributed by atoms with Gasteiger partial charge in [-0.15, -0.1) is 11.3 Å². The third-order valence-corrected chi connectivity index (χ3v) is 4.43. The number of aromatic nitrogens is 2. The first kappa shape index (κ1) is 17.6. The Morgan fingerprint density at radius 3 is 2.56 bits per heavy atom. The Hall–Kier alpha value is -2.19. The fourth-order valence-electron chi connectivity index (χ4n) is 2.34. The highest BCUT2D eigenvalue weighted by molar-refractivity contribution is 7.18. The maximum Gasteiger partial charge on any atom is 0.411 e. The summed E-state index contributed by atoms with van der Waals surface area (Å²) in [4.78, 5) is 10.6. The van der Waals surface area contributed by atoms with Gasteiger partial charge < -0.3 is 10.1 Å². The van der Waals surface area contributed by atoms with Gasteiger partial charge in [-0.3, -0.25) is 0 Å². The molecule has 0 aliphatic rings. The normalized spacial score (nSPS) is 11.8. The Bertz CT molecular complexity index is 846. The summed E-state index contributed by atoms with van der Waals surface area (Å²) in [7, 11) is 0. The lowest BCUT2D eigenvalue weighted by atomic mass is 10.1. The van der Waals surface area contributed by atoms with Crippen LogP contribution in [0.2, 0.25) is 0 Å². The number of halogens is 3. The fourth-order valence-corrected chi connectivity index (χ4v) is 3.19. The average Bonchev–Trinajstić information content (AvgIpc) is 2.93. The lowest BCUT2D eigenvalue weighted by Crippen LogP contribution is -2.16. The number of aryl methyl sites for hydroxylation is 1. The molecule has 2 aromatic heterocycles. The van der Waals surface area contributed by atoms with E-state index >= 15 is 0 Å². The molecule has 1 N–H and O–H groups in total. The number of alkyl halides is 3. The van der Waals surface area contributed by atoms with Gasteiger partial charge in [-0.05, 0) is 24.1 Å². The quantitative estimate of drug-likeness (QED) is 0.687. The zero-order valence-electron chi connectivity index (χ0n) is 13.4. The molecule has 1 aromatic carbocycles. The van der Waals surface area contributed by atoms with E-state index in [2.05, 4.69) is 20.0 Å². The first-order valence-electron chi connectivity index (χ1n) is 7.58. The minimum absolute atomic E-state index is 0.0616. The number of nitrogens with zero attached hydrogens (tertiary/aromatic N) is 2. The molecule has 0 aliphatic heterocycles. The predicted molar refractivity (Wildman–Crippen MR) is 91.6 cm³/mol. The van der Waals surface area contributed by atoms with Crippen molar-refractivity contribution >= 4 is 27.4 Å². The van der Waals surface area contributed by atoms with Gasteiger partial charge in [0.2, 0.25) is 0 Å². The summed E-state index contributed by atoms with van der Waals surface area (Å²) < 4.78 is 40.8. The molecule has 0 aliphatic carbocycles. The molecule has 0 amide bonds. The van der Waals surface area contributed by atoms with Gasteiger partial charge in [0, 0.05) is 11.4 Å². The molecule has 2 heterocycles. The van der Waals surface area contributed by atoms with Crippen LogP contribution in [0.15, 0.2) is 36.7 Å². The molecule has 3 rings (SSSR count). The van der Waals surface area contributed by atoms with E-state index in [0.717, 1.165) is 21.6 Å². The minimum Gasteiger partial charge on any atom is -0.367 e. The van der Waals surface area contributed by atoms with Gasteiger partial charge in [-0.1, -0.05) is 24.3 Å². The number of benzene rings is 1. The van der Waals surface area contributed by atoms with E-state index in [9.17, 15) is 13.2 Å². The summed E-state index contributed by atoms with van der Waals surface area (Å²) in [6, 6.07) is 9.28. The molecular weight excluding hydrogens is 351 g/mol. The second kappa shape index (κ2) is 7.37. The molecule has 8 heteroatoms. The van der Waals surface area contributed by atoms with E-state index in [0.29, 0.717) is 12.1 Å². The maximum absolute atomic E-state index is 12.1. The van der Waals surface area contributed by atoms with Crippen LogP contribution in [0.4, 0.5) is 19.0 Å². The van der Waals surface area contributed by atoms with Crippen molar-refractivity contribution in [3.8, 4) is 0 Å². The van der Waals surface area contributed by atoms with Crippen LogP contribution in [-0.2, 0) is 17.9 Å². The van der Waals surface area contributed by atoms with Crippen molar-refractivity contribution in [1.29, 1.82) is 0 Å². The predicted octanol–water partition coefficient (Wildman–Crippen LogP) is 4.69. The largest absolute Gasteiger partial charge is 0.411 e. The zero-order chi connectivity index (χ0) is 17.9. The topological polar surface area (TPSA) is 47.0 Å². The van der Waals surface area contributed by atoms with E-state index in [4.69, 9.17) is 0 Å². The van der Waals surface area contributed by atoms with E-state index in [1.54, 1.807) is 23.5 Å². The van der Waals surface area contributed by atoms with Crippen LogP contribution in [0.5, 0.6) is 0 Å². The third-order valence-electron chi connectivity index (χ3n) is 3.47. The van der Waals surface area contributed by atoms with E-state index in [-0.39, 0.29) is 6.61 Å². The molecule has 25 heavy (non-hydrogen) atoms. The summed E-state index contributed by atoms with van der Waals surface area (Å²) in [6.07, 6.45) is -2.77. The molecule has 0 fully saturated rings. The second-order valence-electron chi connectivity index (χ2n) is 5.58. The lowest BCUT2D eigenvalue weighted by molar-refractivity contribution is -0.176. The summed E-state index contributed by atoms with van der Waals surface area (Å²) in [5.74, 6) is 0.770. The molecule has 0 bridgehead atoms. The highest BCUT2D eigenvalue weighted by atomic mass is 32.1. The zero-order valence-corrected chi connectivity index (χ0v) is 14.2. The van der Waals surface area contributed by atoms with Gasteiger partial charge in [0.1, 0.15) is 23.6 Å². The van der Waals surface area contributed by atoms with Crippen molar-refractivity contribution in [1.82, 2.24) is 9.97 Å². The molecular formula is C17H16F3N3OS. The van der Waals surface area contributed by atoms with Crippen LogP contribution >= 0.6 is 11.3 Å². The van der Waals surface area contributed by atoms with Crippen LogP contribution in [0.25, 0.3) is 10.2 Å². The van der Waals surface area contributed by atoms with Crippen molar-refractivity contribution < 1.29 is 17.9 Å². The van der Waals surface area contributed by atoms with Gasteiger partial charge in [0.05, 0.1) is 12.0 Å². The molecule has 0 saturated heterocycles. The van der Waals surface area contributed by atoms with Gasteiger partial charge in [0.15, 0.2) is 0 Å². The van der Waals surface area contributed by atoms with Crippen LogP contribution in [0, 0.1) is 6.92 Å². The van der Waals surface area contributed by atoms with Crippen molar-refractivity contribution in [2.45, 2.75) is 26.3 Å². The molecule has 3 aromatic rings. The fraction of sp³-hybridized carbons (Fsp3) is 0.294. The number of fused-ring (bicyclic) bond motifs is 1. The summed E-state index contributed by atoms with van der Waals surface area (Å²) in [5, 5.41) is 4.26. The number of thiophene rings is 1. The van der Waals surface area contributed by atoms with Crippen LogP contribution in [0.1, 0.15) is 16.0 Å². The highest BCUT2D eigenvalue weighted by Gasteiger charge is 2.27. The Balaban J connectivity index is 1.58. The number of hydrogen-bond acceptors (Lipinski definition) is 5. The van der Waals surface area contributed by atoms with Crippen molar-refractivity contribution in [3.05, 3.63) is 52.7 Å². The molecule has 0 unspecified atom stereocenters. The van der Waals surface area contributed by atoms with E-state index in [1.165, 1.54) is 11.2 Å². The standard InChI is InChI=1S/C17H16F3N3OS/c1-11-6-14-15(22-10-23-16(14)25-11)21-7-12-2-4-13(5-3-12)8-24-9-17(18,19)20/h2-6,10H,7-9H2,1H3,(H,21,22,23). The lowest BCUT2D eigenvalue weighted by Gasteiger charge is -2.09. The smallest absolute Gasteiger partial charge is 0.367 e.